The van der Waals surface area contributed by atoms with Crippen molar-refractivity contribution in [1.29, 1.82) is 0 Å². The summed E-state index contributed by atoms with van der Waals surface area (Å²) in [7, 11) is 0. The normalized spacial score (nSPS) is 21.0. The number of aromatic nitrogens is 2. The van der Waals surface area contributed by atoms with E-state index in [1.165, 1.54) is 31.2 Å². The highest BCUT2D eigenvalue weighted by atomic mass is 16.2. The molecule has 0 saturated heterocycles. The van der Waals surface area contributed by atoms with Gasteiger partial charge in [-0.25, -0.2) is 4.98 Å². The number of rotatable bonds is 5. The molecule has 2 aliphatic rings. The Hall–Kier alpha value is -2.14. The lowest BCUT2D eigenvalue weighted by molar-refractivity contribution is -0.128. The largest absolute Gasteiger partial charge is 0.352 e. The maximum Gasteiger partial charge on any atom is 0.243 e. The molecule has 4 rings (SSSR count). The van der Waals surface area contributed by atoms with Crippen LogP contribution in [0.4, 0.5) is 0 Å². The Balaban J connectivity index is 1.62. The third-order valence-corrected chi connectivity index (χ3v) is 6.41. The Bertz CT molecular complexity index is 806. The van der Waals surface area contributed by atoms with Crippen LogP contribution in [0.25, 0.3) is 0 Å². The minimum Gasteiger partial charge on any atom is -0.352 e. The summed E-state index contributed by atoms with van der Waals surface area (Å²) in [6, 6.07) is 10.8. The van der Waals surface area contributed by atoms with E-state index >= 15 is 0 Å². The molecule has 1 atom stereocenters. The van der Waals surface area contributed by atoms with Crippen molar-refractivity contribution < 1.29 is 4.79 Å². The smallest absolute Gasteiger partial charge is 0.243 e. The number of hydrogen-bond acceptors (Lipinski definition) is 3. The summed E-state index contributed by atoms with van der Waals surface area (Å²) in [6.07, 6.45) is 10.1. The van der Waals surface area contributed by atoms with Crippen molar-refractivity contribution in [2.45, 2.75) is 83.5 Å². The van der Waals surface area contributed by atoms with Gasteiger partial charge in [-0.2, -0.15) is 0 Å². The Kier molecular flexibility index (Phi) is 6.34. The summed E-state index contributed by atoms with van der Waals surface area (Å²) in [4.78, 5) is 20.6. The predicted molar refractivity (Wildman–Crippen MR) is 116 cm³/mol. The van der Waals surface area contributed by atoms with Crippen LogP contribution in [-0.2, 0) is 17.8 Å². The number of nitrogens with zero attached hydrogens (tertiary/aromatic N) is 3. The molecule has 0 radical (unpaired) electrons. The maximum absolute atomic E-state index is 13.6. The van der Waals surface area contributed by atoms with Crippen LogP contribution in [0, 0.1) is 0 Å². The molecule has 1 aromatic heterocycles. The summed E-state index contributed by atoms with van der Waals surface area (Å²) in [5, 5.41) is 3.42. The number of hydrogen-bond donors (Lipinski definition) is 1. The van der Waals surface area contributed by atoms with Crippen LogP contribution in [0.1, 0.15) is 81.4 Å². The van der Waals surface area contributed by atoms with Gasteiger partial charge in [-0.3, -0.25) is 9.69 Å². The second-order valence-corrected chi connectivity index (χ2v) is 8.88. The molecule has 29 heavy (non-hydrogen) atoms. The molecular weight excluding hydrogens is 360 g/mol. The van der Waals surface area contributed by atoms with Crippen molar-refractivity contribution in [1.82, 2.24) is 19.8 Å². The molecular formula is C24H34N4O. The van der Waals surface area contributed by atoms with Gasteiger partial charge < -0.3 is 9.88 Å². The Morgan fingerprint density at radius 2 is 1.86 bits per heavy atom. The van der Waals surface area contributed by atoms with E-state index in [1.54, 1.807) is 0 Å². The van der Waals surface area contributed by atoms with Crippen LogP contribution in [0.3, 0.4) is 0 Å². The van der Waals surface area contributed by atoms with Gasteiger partial charge in [0.1, 0.15) is 6.04 Å². The lowest BCUT2D eigenvalue weighted by Gasteiger charge is -2.36. The van der Waals surface area contributed by atoms with E-state index in [1.807, 2.05) is 12.4 Å². The molecule has 5 heteroatoms. The van der Waals surface area contributed by atoms with E-state index in [0.717, 1.165) is 43.7 Å². The van der Waals surface area contributed by atoms with Gasteiger partial charge >= 0.3 is 0 Å². The number of carbonyl (C=O) groups excluding carboxylic acids is 1. The molecule has 1 aromatic carbocycles. The zero-order valence-electron chi connectivity index (χ0n) is 17.8. The van der Waals surface area contributed by atoms with Gasteiger partial charge in [0.25, 0.3) is 0 Å². The van der Waals surface area contributed by atoms with Crippen LogP contribution < -0.4 is 5.32 Å². The quantitative estimate of drug-likeness (QED) is 0.765. The van der Waals surface area contributed by atoms with E-state index < -0.39 is 0 Å². The molecule has 0 spiro atoms. The van der Waals surface area contributed by atoms with Crippen LogP contribution in [-0.4, -0.2) is 32.9 Å². The van der Waals surface area contributed by atoms with E-state index in [9.17, 15) is 4.79 Å². The topological polar surface area (TPSA) is 50.2 Å². The SMILES string of the molecule is CC(C)n1cnc2c1[C@@H](C(=O)NC1CCCCCC1)N(Cc1ccccc1)CC2. The average Bonchev–Trinajstić information content (AvgIpc) is 2.98. The molecule has 1 amide bonds. The molecule has 0 unspecified atom stereocenters. The van der Waals surface area contributed by atoms with Gasteiger partial charge in [0.2, 0.25) is 5.91 Å². The molecule has 1 N–H and O–H groups in total. The van der Waals surface area contributed by atoms with Crippen LogP contribution in [0.5, 0.6) is 0 Å². The summed E-state index contributed by atoms with van der Waals surface area (Å²) < 4.78 is 2.20. The highest BCUT2D eigenvalue weighted by Crippen LogP contribution is 2.33. The third-order valence-electron chi connectivity index (χ3n) is 6.41. The second kappa shape index (κ2) is 9.12. The zero-order chi connectivity index (χ0) is 20.2. The average molecular weight is 395 g/mol. The zero-order valence-corrected chi connectivity index (χ0v) is 17.8. The molecule has 0 bridgehead atoms. The number of imidazole rings is 1. The molecule has 5 nitrogen and oxygen atoms in total. The molecule has 1 saturated carbocycles. The molecule has 156 valence electrons. The van der Waals surface area contributed by atoms with Gasteiger partial charge in [-0.1, -0.05) is 56.0 Å². The summed E-state index contributed by atoms with van der Waals surface area (Å²) >= 11 is 0. The monoisotopic (exact) mass is 394 g/mol. The number of amides is 1. The lowest BCUT2D eigenvalue weighted by Crippen LogP contribution is -2.47. The summed E-state index contributed by atoms with van der Waals surface area (Å²) in [5.41, 5.74) is 3.43. The Morgan fingerprint density at radius 3 is 2.55 bits per heavy atom. The number of carbonyl (C=O) groups is 1. The number of fused-ring (bicyclic) bond motifs is 1. The second-order valence-electron chi connectivity index (χ2n) is 8.88. The Labute approximate surface area is 174 Å². The molecule has 1 fully saturated rings. The molecule has 2 aromatic rings. The van der Waals surface area contributed by atoms with Crippen molar-refractivity contribution in [3.63, 3.8) is 0 Å². The molecule has 2 heterocycles. The lowest BCUT2D eigenvalue weighted by atomic mass is 9.99. The first kappa shape index (κ1) is 20.1. The van der Waals surface area contributed by atoms with E-state index in [0.29, 0.717) is 6.04 Å². The Morgan fingerprint density at radius 1 is 1.14 bits per heavy atom. The first-order valence-electron chi connectivity index (χ1n) is 11.3. The van der Waals surface area contributed by atoms with Crippen molar-refractivity contribution in [2.75, 3.05) is 6.54 Å². The predicted octanol–water partition coefficient (Wildman–Crippen LogP) is 4.40. The van der Waals surface area contributed by atoms with E-state index in [4.69, 9.17) is 0 Å². The fraction of sp³-hybridized carbons (Fsp3) is 0.583. The minimum absolute atomic E-state index is 0.149. The van der Waals surface area contributed by atoms with Gasteiger partial charge in [-0.15, -0.1) is 0 Å². The van der Waals surface area contributed by atoms with Gasteiger partial charge in [0, 0.05) is 31.6 Å². The van der Waals surface area contributed by atoms with Crippen molar-refractivity contribution >= 4 is 5.91 Å². The van der Waals surface area contributed by atoms with Crippen LogP contribution >= 0.6 is 0 Å². The fourth-order valence-electron chi connectivity index (χ4n) is 4.85. The number of benzene rings is 1. The summed E-state index contributed by atoms with van der Waals surface area (Å²) in [6.45, 7) is 5.97. The van der Waals surface area contributed by atoms with Crippen LogP contribution in [0.2, 0.25) is 0 Å². The molecule has 1 aliphatic heterocycles. The van der Waals surface area contributed by atoms with Gasteiger partial charge in [-0.05, 0) is 32.3 Å². The van der Waals surface area contributed by atoms with Crippen molar-refractivity contribution in [3.8, 4) is 0 Å². The van der Waals surface area contributed by atoms with Gasteiger partial charge in [0.15, 0.2) is 0 Å². The van der Waals surface area contributed by atoms with E-state index in [-0.39, 0.29) is 18.0 Å². The van der Waals surface area contributed by atoms with Gasteiger partial charge in [0.05, 0.1) is 17.7 Å². The number of nitrogens with one attached hydrogen (secondary N) is 1. The van der Waals surface area contributed by atoms with Crippen molar-refractivity contribution in [2.24, 2.45) is 0 Å². The first-order valence-corrected chi connectivity index (χ1v) is 11.3. The fourth-order valence-corrected chi connectivity index (χ4v) is 4.85. The standard InChI is InChI=1S/C24H34N4O/c1-18(2)28-17-25-21-14-15-27(16-19-10-6-5-7-11-19)23(22(21)28)24(29)26-20-12-8-3-4-9-13-20/h5-7,10-11,17-18,20,23H,3-4,8-9,12-16H2,1-2H3,(H,26,29)/t23-/m0/s1. The highest BCUT2D eigenvalue weighted by molar-refractivity contribution is 5.83. The summed E-state index contributed by atoms with van der Waals surface area (Å²) in [5.74, 6) is 0.149. The first-order chi connectivity index (χ1) is 14.1. The van der Waals surface area contributed by atoms with Crippen molar-refractivity contribution in [3.05, 3.63) is 53.6 Å². The third kappa shape index (κ3) is 4.55. The maximum atomic E-state index is 13.6. The highest BCUT2D eigenvalue weighted by Gasteiger charge is 2.37. The van der Waals surface area contributed by atoms with Crippen LogP contribution in [0.15, 0.2) is 36.7 Å². The minimum atomic E-state index is -0.271. The molecule has 1 aliphatic carbocycles. The van der Waals surface area contributed by atoms with E-state index in [2.05, 4.69) is 57.9 Å².